The van der Waals surface area contributed by atoms with Gasteiger partial charge in [0.15, 0.2) is 11.6 Å². The summed E-state index contributed by atoms with van der Waals surface area (Å²) < 4.78 is 51.8. The molecular formula is C16H22F2N2O3S. The van der Waals surface area contributed by atoms with E-state index in [0.717, 1.165) is 54.4 Å². The van der Waals surface area contributed by atoms with Crippen LogP contribution in [-0.4, -0.2) is 44.6 Å². The minimum atomic E-state index is -3.84. The molecule has 24 heavy (non-hydrogen) atoms. The van der Waals surface area contributed by atoms with Crippen LogP contribution in [0.15, 0.2) is 18.2 Å². The molecular weight excluding hydrogens is 338 g/mol. The SMILES string of the molecule is C[C@H](C(=O)N1CCCCCC1)N(c1ccc(F)c(F)c1)S(C)(=O)=O. The summed E-state index contributed by atoms with van der Waals surface area (Å²) in [5.74, 6) is -2.55. The van der Waals surface area contributed by atoms with Gasteiger partial charge in [0.05, 0.1) is 11.9 Å². The van der Waals surface area contributed by atoms with Crippen LogP contribution in [0.25, 0.3) is 0 Å². The molecule has 5 nitrogen and oxygen atoms in total. The second-order valence-electron chi connectivity index (χ2n) is 6.07. The van der Waals surface area contributed by atoms with E-state index < -0.39 is 27.7 Å². The molecule has 0 spiro atoms. The zero-order valence-electron chi connectivity index (χ0n) is 13.8. The first-order valence-corrected chi connectivity index (χ1v) is 9.80. The lowest BCUT2D eigenvalue weighted by Crippen LogP contribution is -2.49. The molecule has 0 N–H and O–H groups in total. The Kier molecular flexibility index (Phi) is 5.79. The van der Waals surface area contributed by atoms with Crippen LogP contribution in [0.3, 0.4) is 0 Å². The molecule has 1 aliphatic rings. The van der Waals surface area contributed by atoms with Crippen LogP contribution in [0, 0.1) is 11.6 Å². The number of anilines is 1. The van der Waals surface area contributed by atoms with Gasteiger partial charge in [0.25, 0.3) is 0 Å². The van der Waals surface area contributed by atoms with E-state index in [-0.39, 0.29) is 11.6 Å². The van der Waals surface area contributed by atoms with E-state index >= 15 is 0 Å². The summed E-state index contributed by atoms with van der Waals surface area (Å²) in [6, 6.07) is 1.78. The van der Waals surface area contributed by atoms with Crippen molar-refractivity contribution in [1.82, 2.24) is 4.90 Å². The molecule has 0 unspecified atom stereocenters. The summed E-state index contributed by atoms with van der Waals surface area (Å²) >= 11 is 0. The maximum absolute atomic E-state index is 13.5. The second kappa shape index (κ2) is 7.46. The Hall–Kier alpha value is -1.70. The lowest BCUT2D eigenvalue weighted by molar-refractivity contribution is -0.131. The Bertz CT molecular complexity index is 701. The van der Waals surface area contributed by atoms with Gasteiger partial charge in [-0.1, -0.05) is 12.8 Å². The Morgan fingerprint density at radius 1 is 1.12 bits per heavy atom. The van der Waals surface area contributed by atoms with E-state index in [0.29, 0.717) is 13.1 Å². The van der Waals surface area contributed by atoms with Crippen molar-refractivity contribution in [2.75, 3.05) is 23.7 Å². The molecule has 1 aliphatic heterocycles. The van der Waals surface area contributed by atoms with E-state index in [9.17, 15) is 22.0 Å². The van der Waals surface area contributed by atoms with Gasteiger partial charge in [-0.25, -0.2) is 17.2 Å². The molecule has 1 saturated heterocycles. The van der Waals surface area contributed by atoms with Crippen molar-refractivity contribution in [3.05, 3.63) is 29.8 Å². The van der Waals surface area contributed by atoms with Crippen molar-refractivity contribution in [2.24, 2.45) is 0 Å². The number of benzene rings is 1. The fourth-order valence-corrected chi connectivity index (χ4v) is 4.14. The maximum atomic E-state index is 13.5. The molecule has 134 valence electrons. The van der Waals surface area contributed by atoms with Crippen LogP contribution < -0.4 is 4.31 Å². The number of halogens is 2. The van der Waals surface area contributed by atoms with E-state index in [4.69, 9.17) is 0 Å². The van der Waals surface area contributed by atoms with Crippen LogP contribution in [0.4, 0.5) is 14.5 Å². The van der Waals surface area contributed by atoms with Gasteiger partial charge in [-0.2, -0.15) is 0 Å². The van der Waals surface area contributed by atoms with Gasteiger partial charge in [-0.15, -0.1) is 0 Å². The van der Waals surface area contributed by atoms with Gasteiger partial charge in [0, 0.05) is 19.2 Å². The molecule has 0 aromatic heterocycles. The highest BCUT2D eigenvalue weighted by atomic mass is 32.2. The maximum Gasteiger partial charge on any atom is 0.246 e. The summed E-state index contributed by atoms with van der Waals surface area (Å²) in [4.78, 5) is 14.4. The third-order valence-corrected chi connectivity index (χ3v) is 5.38. The monoisotopic (exact) mass is 360 g/mol. The van der Waals surface area contributed by atoms with Crippen molar-refractivity contribution in [1.29, 1.82) is 0 Å². The molecule has 1 heterocycles. The molecule has 0 radical (unpaired) electrons. The molecule has 1 aromatic carbocycles. The van der Waals surface area contributed by atoms with Gasteiger partial charge < -0.3 is 4.90 Å². The largest absolute Gasteiger partial charge is 0.341 e. The molecule has 2 rings (SSSR count). The Morgan fingerprint density at radius 3 is 2.21 bits per heavy atom. The average molecular weight is 360 g/mol. The smallest absolute Gasteiger partial charge is 0.246 e. The summed E-state index contributed by atoms with van der Waals surface area (Å²) in [5.41, 5.74) is -0.0629. The first kappa shape index (κ1) is 18.6. The highest BCUT2D eigenvalue weighted by Gasteiger charge is 2.32. The highest BCUT2D eigenvalue weighted by Crippen LogP contribution is 2.24. The number of sulfonamides is 1. The quantitative estimate of drug-likeness (QED) is 0.829. The first-order valence-electron chi connectivity index (χ1n) is 7.95. The van der Waals surface area contributed by atoms with Gasteiger partial charge in [0.1, 0.15) is 6.04 Å². The van der Waals surface area contributed by atoms with Crippen LogP contribution in [0.2, 0.25) is 0 Å². The van der Waals surface area contributed by atoms with Crippen LogP contribution in [0.1, 0.15) is 32.6 Å². The van der Waals surface area contributed by atoms with Crippen molar-refractivity contribution < 1.29 is 22.0 Å². The van der Waals surface area contributed by atoms with Crippen molar-refractivity contribution in [2.45, 2.75) is 38.6 Å². The Balaban J connectivity index is 2.33. The number of likely N-dealkylation sites (tertiary alicyclic amines) is 1. The second-order valence-corrected chi connectivity index (χ2v) is 7.93. The third kappa shape index (κ3) is 4.23. The predicted octanol–water partition coefficient (Wildman–Crippen LogP) is 2.52. The molecule has 1 atom stereocenters. The molecule has 0 saturated carbocycles. The third-order valence-electron chi connectivity index (χ3n) is 4.14. The van der Waals surface area contributed by atoms with E-state index in [2.05, 4.69) is 0 Å². The first-order chi connectivity index (χ1) is 11.2. The van der Waals surface area contributed by atoms with E-state index in [1.807, 2.05) is 0 Å². The number of nitrogens with zero attached hydrogens (tertiary/aromatic N) is 2. The number of carbonyl (C=O) groups excluding carboxylic acids is 1. The number of amides is 1. The lowest BCUT2D eigenvalue weighted by Gasteiger charge is -2.32. The van der Waals surface area contributed by atoms with E-state index in [1.54, 1.807) is 4.90 Å². The zero-order valence-corrected chi connectivity index (χ0v) is 14.7. The molecule has 1 fully saturated rings. The summed E-state index contributed by atoms with van der Waals surface area (Å²) in [5, 5.41) is 0. The molecule has 0 aliphatic carbocycles. The summed E-state index contributed by atoms with van der Waals surface area (Å²) in [6.07, 6.45) is 4.78. The summed E-state index contributed by atoms with van der Waals surface area (Å²) in [6.45, 7) is 2.63. The van der Waals surface area contributed by atoms with Crippen LogP contribution in [-0.2, 0) is 14.8 Å². The molecule has 1 aromatic rings. The molecule has 1 amide bonds. The fraction of sp³-hybridized carbons (Fsp3) is 0.562. The molecule has 8 heteroatoms. The normalized spacial score (nSPS) is 17.2. The number of carbonyl (C=O) groups is 1. The fourth-order valence-electron chi connectivity index (χ4n) is 2.98. The highest BCUT2D eigenvalue weighted by molar-refractivity contribution is 7.92. The minimum Gasteiger partial charge on any atom is -0.341 e. The van der Waals surface area contributed by atoms with Crippen molar-refractivity contribution >= 4 is 21.6 Å². The zero-order chi connectivity index (χ0) is 17.9. The van der Waals surface area contributed by atoms with Gasteiger partial charge in [0.2, 0.25) is 15.9 Å². The number of hydrogen-bond acceptors (Lipinski definition) is 3. The van der Waals surface area contributed by atoms with Gasteiger partial charge in [-0.05, 0) is 31.9 Å². The lowest BCUT2D eigenvalue weighted by atomic mass is 10.2. The number of hydrogen-bond donors (Lipinski definition) is 0. The van der Waals surface area contributed by atoms with Gasteiger partial charge >= 0.3 is 0 Å². The Morgan fingerprint density at radius 2 is 1.71 bits per heavy atom. The topological polar surface area (TPSA) is 57.7 Å². The predicted molar refractivity (Wildman–Crippen MR) is 88.2 cm³/mol. The average Bonchev–Trinajstić information content (AvgIpc) is 2.78. The van der Waals surface area contributed by atoms with Crippen LogP contribution in [0.5, 0.6) is 0 Å². The van der Waals surface area contributed by atoms with Crippen molar-refractivity contribution in [3.8, 4) is 0 Å². The summed E-state index contributed by atoms with van der Waals surface area (Å²) in [7, 11) is -3.84. The van der Waals surface area contributed by atoms with Crippen molar-refractivity contribution in [3.63, 3.8) is 0 Å². The standard InChI is InChI=1S/C16H22F2N2O3S/c1-12(16(21)19-9-5-3-4-6-10-19)20(24(2,22)23)13-7-8-14(17)15(18)11-13/h7-8,11-12H,3-6,9-10H2,1-2H3/t12-/m1/s1. The minimum absolute atomic E-state index is 0.0629. The van der Waals surface area contributed by atoms with Gasteiger partial charge in [-0.3, -0.25) is 9.10 Å². The van der Waals surface area contributed by atoms with E-state index in [1.165, 1.54) is 6.92 Å². The molecule has 0 bridgehead atoms. The Labute approximate surface area is 141 Å². The van der Waals surface area contributed by atoms with Crippen LogP contribution >= 0.6 is 0 Å². The number of rotatable bonds is 4.